The van der Waals surface area contributed by atoms with Crippen molar-refractivity contribution in [2.75, 3.05) is 0 Å². The van der Waals surface area contributed by atoms with Crippen molar-refractivity contribution >= 4 is 16.6 Å². The predicted molar refractivity (Wildman–Crippen MR) is 100 cm³/mol. The molecule has 3 aromatic rings. The van der Waals surface area contributed by atoms with E-state index < -0.39 is 0 Å². The summed E-state index contributed by atoms with van der Waals surface area (Å²) in [5.41, 5.74) is 5.32. The van der Waals surface area contributed by atoms with Crippen LogP contribution in [-0.4, -0.2) is 5.78 Å². The molecule has 118 valence electrons. The first-order valence-electron chi connectivity index (χ1n) is 8.33. The minimum atomic E-state index is -0.317. The highest BCUT2D eigenvalue weighted by molar-refractivity contribution is 6.01. The van der Waals surface area contributed by atoms with Gasteiger partial charge in [-0.15, -0.1) is 0 Å². The van der Waals surface area contributed by atoms with Gasteiger partial charge < -0.3 is 0 Å². The Balaban J connectivity index is 2.06. The van der Waals surface area contributed by atoms with Gasteiger partial charge in [-0.1, -0.05) is 74.2 Å². The number of benzene rings is 3. The van der Waals surface area contributed by atoms with Crippen LogP contribution in [0.4, 0.5) is 0 Å². The van der Waals surface area contributed by atoms with Gasteiger partial charge in [-0.3, -0.25) is 4.79 Å². The monoisotopic (exact) mass is 312 g/mol. The fourth-order valence-corrected chi connectivity index (χ4v) is 4.08. The van der Waals surface area contributed by atoms with Crippen LogP contribution in [0, 0.1) is 0 Å². The normalized spacial score (nSPS) is 18.2. The third-order valence-electron chi connectivity index (χ3n) is 5.28. The van der Waals surface area contributed by atoms with Gasteiger partial charge in [0.1, 0.15) is 0 Å². The number of rotatable bonds is 3. The predicted octanol–water partition coefficient (Wildman–Crippen LogP) is 5.66. The van der Waals surface area contributed by atoms with Gasteiger partial charge >= 0.3 is 0 Å². The van der Waals surface area contributed by atoms with Crippen molar-refractivity contribution in [3.8, 4) is 11.1 Å². The van der Waals surface area contributed by atoms with Gasteiger partial charge in [0, 0.05) is 11.8 Å². The van der Waals surface area contributed by atoms with E-state index in [0.29, 0.717) is 12.0 Å². The minimum absolute atomic E-state index is 0.132. The van der Waals surface area contributed by atoms with Gasteiger partial charge in [0.15, 0.2) is 5.78 Å². The zero-order valence-electron chi connectivity index (χ0n) is 14.1. The SMILES string of the molecule is C=C(C)C(=O)CC1(C)c2ccccc2-c2ccc3ccccc3c21. The second-order valence-corrected chi connectivity index (χ2v) is 6.97. The lowest BCUT2D eigenvalue weighted by molar-refractivity contribution is -0.116. The zero-order valence-corrected chi connectivity index (χ0v) is 14.1. The van der Waals surface area contributed by atoms with E-state index in [0.717, 1.165) is 0 Å². The summed E-state index contributed by atoms with van der Waals surface area (Å²) in [7, 11) is 0. The third-order valence-corrected chi connectivity index (χ3v) is 5.28. The van der Waals surface area contributed by atoms with E-state index in [9.17, 15) is 4.79 Å². The quantitative estimate of drug-likeness (QED) is 0.570. The van der Waals surface area contributed by atoms with Gasteiger partial charge in [-0.05, 0) is 45.5 Å². The Kier molecular flexibility index (Phi) is 3.21. The lowest BCUT2D eigenvalue weighted by Gasteiger charge is -2.28. The third kappa shape index (κ3) is 1.98. The minimum Gasteiger partial charge on any atom is -0.295 e. The molecule has 0 aromatic heterocycles. The summed E-state index contributed by atoms with van der Waals surface area (Å²) in [5.74, 6) is 0.132. The molecule has 0 heterocycles. The Hall–Kier alpha value is -2.67. The summed E-state index contributed by atoms with van der Waals surface area (Å²) < 4.78 is 0. The highest BCUT2D eigenvalue weighted by Crippen LogP contribution is 2.53. The first-order valence-corrected chi connectivity index (χ1v) is 8.33. The molecule has 0 bridgehead atoms. The summed E-state index contributed by atoms with van der Waals surface area (Å²) in [6, 6.07) is 21.3. The molecule has 1 aliphatic carbocycles. The average Bonchev–Trinajstić information content (AvgIpc) is 2.85. The second-order valence-electron chi connectivity index (χ2n) is 6.97. The molecule has 0 N–H and O–H groups in total. The van der Waals surface area contributed by atoms with Crippen LogP contribution in [0.15, 0.2) is 72.8 Å². The second kappa shape index (κ2) is 5.17. The van der Waals surface area contributed by atoms with Crippen LogP contribution < -0.4 is 0 Å². The van der Waals surface area contributed by atoms with E-state index in [2.05, 4.69) is 74.2 Å². The molecule has 1 atom stereocenters. The van der Waals surface area contributed by atoms with Crippen molar-refractivity contribution < 1.29 is 4.79 Å². The molecule has 4 rings (SSSR count). The largest absolute Gasteiger partial charge is 0.295 e. The molecule has 1 nitrogen and oxygen atoms in total. The fourth-order valence-electron chi connectivity index (χ4n) is 4.08. The van der Waals surface area contributed by atoms with Crippen LogP contribution in [0.5, 0.6) is 0 Å². The Morgan fingerprint density at radius 2 is 1.67 bits per heavy atom. The molecule has 0 radical (unpaired) electrons. The van der Waals surface area contributed by atoms with E-state index in [1.807, 2.05) is 0 Å². The maximum Gasteiger partial charge on any atom is 0.159 e. The lowest BCUT2D eigenvalue weighted by Crippen LogP contribution is -2.25. The van der Waals surface area contributed by atoms with Crippen molar-refractivity contribution in [2.24, 2.45) is 0 Å². The van der Waals surface area contributed by atoms with E-state index in [-0.39, 0.29) is 11.2 Å². The maximum atomic E-state index is 12.6. The number of hydrogen-bond donors (Lipinski definition) is 0. The van der Waals surface area contributed by atoms with Crippen molar-refractivity contribution in [2.45, 2.75) is 25.7 Å². The highest BCUT2D eigenvalue weighted by Gasteiger charge is 2.41. The highest BCUT2D eigenvalue weighted by atomic mass is 16.1. The summed E-state index contributed by atoms with van der Waals surface area (Å²) in [6.07, 6.45) is 0.459. The van der Waals surface area contributed by atoms with Crippen LogP contribution >= 0.6 is 0 Å². The number of allylic oxidation sites excluding steroid dienone is 1. The van der Waals surface area contributed by atoms with Gasteiger partial charge in [-0.25, -0.2) is 0 Å². The Morgan fingerprint density at radius 1 is 0.958 bits per heavy atom. The van der Waals surface area contributed by atoms with Gasteiger partial charge in [-0.2, -0.15) is 0 Å². The summed E-state index contributed by atoms with van der Waals surface area (Å²) in [5, 5.41) is 2.46. The van der Waals surface area contributed by atoms with Crippen molar-refractivity contribution in [3.05, 3.63) is 83.9 Å². The van der Waals surface area contributed by atoms with Crippen LogP contribution in [0.2, 0.25) is 0 Å². The van der Waals surface area contributed by atoms with Crippen molar-refractivity contribution in [1.82, 2.24) is 0 Å². The molecular formula is C23H20O. The molecule has 1 unspecified atom stereocenters. The first kappa shape index (κ1) is 14.9. The molecule has 0 saturated carbocycles. The number of ketones is 1. The molecule has 1 aliphatic rings. The summed E-state index contributed by atoms with van der Waals surface area (Å²) >= 11 is 0. The number of Topliss-reactive ketones (excluding diaryl/α,β-unsaturated/α-hetero) is 1. The van der Waals surface area contributed by atoms with Crippen molar-refractivity contribution in [1.29, 1.82) is 0 Å². The Labute approximate surface area is 142 Å². The molecule has 0 saturated heterocycles. The van der Waals surface area contributed by atoms with E-state index in [1.165, 1.54) is 33.0 Å². The number of carbonyl (C=O) groups excluding carboxylic acids is 1. The van der Waals surface area contributed by atoms with Gasteiger partial charge in [0.05, 0.1) is 0 Å². The fraction of sp³-hybridized carbons (Fsp3) is 0.174. The number of fused-ring (bicyclic) bond motifs is 5. The molecule has 24 heavy (non-hydrogen) atoms. The van der Waals surface area contributed by atoms with Crippen LogP contribution in [0.25, 0.3) is 21.9 Å². The van der Waals surface area contributed by atoms with Crippen LogP contribution in [0.1, 0.15) is 31.4 Å². The van der Waals surface area contributed by atoms with Crippen molar-refractivity contribution in [3.63, 3.8) is 0 Å². The Bertz CT molecular complexity index is 996. The maximum absolute atomic E-state index is 12.6. The standard InChI is InChI=1S/C23H20O/c1-15(2)21(24)14-23(3)20-11-7-6-10-18(20)19-13-12-16-8-4-5-9-17(16)22(19)23/h4-13H,1,14H2,2-3H3. The molecule has 1 heteroatoms. The summed E-state index contributed by atoms with van der Waals surface area (Å²) in [6.45, 7) is 7.85. The number of carbonyl (C=O) groups is 1. The van der Waals surface area contributed by atoms with Gasteiger partial charge in [0.2, 0.25) is 0 Å². The van der Waals surface area contributed by atoms with Crippen LogP contribution in [-0.2, 0) is 10.2 Å². The average molecular weight is 312 g/mol. The molecule has 0 fully saturated rings. The Morgan fingerprint density at radius 3 is 2.46 bits per heavy atom. The van der Waals surface area contributed by atoms with E-state index in [1.54, 1.807) is 6.92 Å². The smallest absolute Gasteiger partial charge is 0.159 e. The molecule has 0 amide bonds. The van der Waals surface area contributed by atoms with E-state index >= 15 is 0 Å². The van der Waals surface area contributed by atoms with Crippen LogP contribution in [0.3, 0.4) is 0 Å². The molecular weight excluding hydrogens is 292 g/mol. The lowest BCUT2D eigenvalue weighted by atomic mass is 9.74. The van der Waals surface area contributed by atoms with Gasteiger partial charge in [0.25, 0.3) is 0 Å². The zero-order chi connectivity index (χ0) is 16.9. The molecule has 0 aliphatic heterocycles. The first-order chi connectivity index (χ1) is 11.5. The van der Waals surface area contributed by atoms with E-state index in [4.69, 9.17) is 0 Å². The molecule has 0 spiro atoms. The molecule has 3 aromatic carbocycles. The topological polar surface area (TPSA) is 17.1 Å². The summed E-state index contributed by atoms with van der Waals surface area (Å²) in [4.78, 5) is 12.6. The number of hydrogen-bond acceptors (Lipinski definition) is 1.